The molecular formula is C23H22N2O7S. The molecule has 2 aliphatic heterocycles. The zero-order valence-corrected chi connectivity index (χ0v) is 18.7. The van der Waals surface area contributed by atoms with Gasteiger partial charge in [0, 0.05) is 12.3 Å². The largest absolute Gasteiger partial charge is 0.593 e. The average molecular weight is 471 g/mol. The Labute approximate surface area is 192 Å². The van der Waals surface area contributed by atoms with Gasteiger partial charge in [-0.25, -0.2) is 4.98 Å². The van der Waals surface area contributed by atoms with Crippen molar-refractivity contribution in [2.45, 2.75) is 17.5 Å². The van der Waals surface area contributed by atoms with Crippen LogP contribution in [-0.2, 0) is 21.2 Å². The van der Waals surface area contributed by atoms with E-state index in [0.29, 0.717) is 23.0 Å². The molecule has 3 aromatic rings. The molecule has 2 unspecified atom stereocenters. The minimum Gasteiger partial charge on any atom is -0.593 e. The van der Waals surface area contributed by atoms with Crippen LogP contribution in [0.2, 0.25) is 0 Å². The molecule has 0 radical (unpaired) electrons. The molecule has 5 rings (SSSR count). The number of hydrogen-bond acceptors (Lipinski definition) is 8. The molecule has 0 amide bonds. The van der Waals surface area contributed by atoms with Crippen molar-refractivity contribution in [3.8, 4) is 28.9 Å². The first-order chi connectivity index (χ1) is 16.0. The second kappa shape index (κ2) is 8.89. The van der Waals surface area contributed by atoms with Crippen LogP contribution in [0.25, 0.3) is 0 Å². The van der Waals surface area contributed by atoms with Gasteiger partial charge < -0.3 is 28.2 Å². The lowest BCUT2D eigenvalue weighted by atomic mass is 10.2. The molecule has 0 saturated carbocycles. The molecule has 0 spiro atoms. The molecule has 2 atom stereocenters. The van der Waals surface area contributed by atoms with E-state index in [4.69, 9.17) is 23.7 Å². The number of pyridine rings is 1. The topological polar surface area (TPSA) is 102 Å². The predicted octanol–water partition coefficient (Wildman–Crippen LogP) is 3.06. The molecule has 9 nitrogen and oxygen atoms in total. The van der Waals surface area contributed by atoms with Gasteiger partial charge in [0.25, 0.3) is 5.88 Å². The fourth-order valence-electron chi connectivity index (χ4n) is 3.66. The summed E-state index contributed by atoms with van der Waals surface area (Å²) in [4.78, 5) is 4.18. The van der Waals surface area contributed by atoms with E-state index in [-0.39, 0.29) is 37.3 Å². The van der Waals surface area contributed by atoms with Gasteiger partial charge in [-0.1, -0.05) is 10.3 Å². The van der Waals surface area contributed by atoms with E-state index in [1.165, 1.54) is 16.6 Å². The van der Waals surface area contributed by atoms with Gasteiger partial charge in [-0.2, -0.15) is 0 Å². The summed E-state index contributed by atoms with van der Waals surface area (Å²) in [5.74, 6) is 2.63. The Hall–Kier alpha value is -3.34. The van der Waals surface area contributed by atoms with Crippen molar-refractivity contribution in [3.63, 3.8) is 0 Å². The smallest absolute Gasteiger partial charge is 0.272 e. The van der Waals surface area contributed by atoms with Crippen LogP contribution in [0, 0.1) is 0 Å². The number of ether oxygens (including phenoxy) is 5. The number of benzene rings is 2. The zero-order chi connectivity index (χ0) is 22.8. The summed E-state index contributed by atoms with van der Waals surface area (Å²) >= 11 is 0. The third kappa shape index (κ3) is 4.45. The molecule has 33 heavy (non-hydrogen) atoms. The molecule has 0 fully saturated rings. The molecule has 2 aliphatic rings. The van der Waals surface area contributed by atoms with Crippen LogP contribution in [0.15, 0.2) is 65.7 Å². The first kappa shape index (κ1) is 21.5. The van der Waals surface area contributed by atoms with Gasteiger partial charge in [0.1, 0.15) is 18.1 Å². The summed E-state index contributed by atoms with van der Waals surface area (Å²) in [5, 5.41) is 0. The van der Waals surface area contributed by atoms with Crippen molar-refractivity contribution in [2.24, 2.45) is 0 Å². The lowest BCUT2D eigenvalue weighted by Gasteiger charge is -2.26. The second-order valence-electron chi connectivity index (χ2n) is 7.52. The van der Waals surface area contributed by atoms with Gasteiger partial charge in [-0.15, -0.1) is 4.31 Å². The van der Waals surface area contributed by atoms with Crippen molar-refractivity contribution in [1.82, 2.24) is 9.29 Å². The van der Waals surface area contributed by atoms with Gasteiger partial charge in [-0.3, -0.25) is 0 Å². The Bertz CT molecular complexity index is 1190. The van der Waals surface area contributed by atoms with Gasteiger partial charge in [0.15, 0.2) is 28.0 Å². The minimum absolute atomic E-state index is 0.0256. The maximum Gasteiger partial charge on any atom is 0.272 e. The highest BCUT2D eigenvalue weighted by Gasteiger charge is 2.40. The van der Waals surface area contributed by atoms with Crippen molar-refractivity contribution < 1.29 is 32.4 Å². The number of aromatic nitrogens is 1. The molecule has 1 aromatic heterocycles. The highest BCUT2D eigenvalue weighted by atomic mass is 32.3. The number of hydrogen-bond donors (Lipinski definition) is 0. The Balaban J connectivity index is 1.39. The normalized spacial score (nSPS) is 21.6. The van der Waals surface area contributed by atoms with Crippen molar-refractivity contribution in [1.29, 1.82) is 0 Å². The Kier molecular flexibility index (Phi) is 5.79. The van der Waals surface area contributed by atoms with E-state index >= 15 is 0 Å². The van der Waals surface area contributed by atoms with E-state index in [9.17, 15) is 8.76 Å². The van der Waals surface area contributed by atoms with E-state index in [1.54, 1.807) is 49.6 Å². The molecular weight excluding hydrogens is 448 g/mol. The summed E-state index contributed by atoms with van der Waals surface area (Å²) in [6.45, 7) is 0.507. The van der Waals surface area contributed by atoms with Crippen LogP contribution in [-0.4, -0.2) is 47.0 Å². The minimum atomic E-state index is -3.85. The Morgan fingerprint density at radius 3 is 2.73 bits per heavy atom. The van der Waals surface area contributed by atoms with Crippen LogP contribution in [0.4, 0.5) is 0 Å². The molecule has 10 heteroatoms. The summed E-state index contributed by atoms with van der Waals surface area (Å²) in [7, 11) is -2.26. The highest BCUT2D eigenvalue weighted by Crippen LogP contribution is 2.36. The third-order valence-corrected chi connectivity index (χ3v) is 7.16. The van der Waals surface area contributed by atoms with Crippen LogP contribution in [0.1, 0.15) is 5.56 Å². The number of fused-ring (bicyclic) bond motifs is 2. The van der Waals surface area contributed by atoms with Gasteiger partial charge in [0.05, 0.1) is 20.2 Å². The van der Waals surface area contributed by atoms with Crippen molar-refractivity contribution in [2.75, 3.05) is 27.1 Å². The Morgan fingerprint density at radius 1 is 1.12 bits per heavy atom. The first-order valence-corrected chi connectivity index (χ1v) is 11.7. The SMILES string of the molecule is COc1ccc(OCC2CN(Cc3ccc4c(c3)OCO4)[S+](=O)([O-])c3cccnc3O2)cc1. The van der Waals surface area contributed by atoms with Crippen molar-refractivity contribution in [3.05, 3.63) is 66.4 Å². The molecule has 172 valence electrons. The summed E-state index contributed by atoms with van der Waals surface area (Å²) < 4.78 is 56.1. The molecule has 2 aromatic carbocycles. The summed E-state index contributed by atoms with van der Waals surface area (Å²) in [6.07, 6.45) is 0.926. The highest BCUT2D eigenvalue weighted by molar-refractivity contribution is 7.95. The maximum atomic E-state index is 13.4. The quantitative estimate of drug-likeness (QED) is 0.507. The van der Waals surface area contributed by atoms with Gasteiger partial charge in [0.2, 0.25) is 11.7 Å². The fourth-order valence-corrected chi connectivity index (χ4v) is 5.19. The lowest BCUT2D eigenvalue weighted by molar-refractivity contribution is 0.105. The number of methoxy groups -OCH3 is 1. The predicted molar refractivity (Wildman–Crippen MR) is 117 cm³/mol. The number of rotatable bonds is 6. The average Bonchev–Trinajstić information content (AvgIpc) is 3.27. The van der Waals surface area contributed by atoms with Gasteiger partial charge >= 0.3 is 0 Å². The molecule has 0 bridgehead atoms. The summed E-state index contributed by atoms with van der Waals surface area (Å²) in [6, 6.07) is 15.6. The van der Waals surface area contributed by atoms with Crippen LogP contribution in [0.5, 0.6) is 28.9 Å². The zero-order valence-electron chi connectivity index (χ0n) is 17.8. The number of nitrogens with zero attached hydrogens (tertiary/aromatic N) is 2. The monoisotopic (exact) mass is 470 g/mol. The van der Waals surface area contributed by atoms with E-state index < -0.39 is 16.5 Å². The molecule has 0 N–H and O–H groups in total. The second-order valence-corrected chi connectivity index (χ2v) is 9.42. The Morgan fingerprint density at radius 2 is 1.91 bits per heavy atom. The summed E-state index contributed by atoms with van der Waals surface area (Å²) in [5.41, 5.74) is 0.769. The molecule has 0 saturated heterocycles. The molecule has 0 aliphatic carbocycles. The fraction of sp³-hybridized carbons (Fsp3) is 0.261. The standard InChI is InChI=1S/C23H22N2O7S/c1-28-17-5-7-18(8-6-17)29-14-19-13-25(12-16-4-9-20-21(11-16)31-15-30-20)33(26,27)22-3-2-10-24-23(22)32-19/h2-11,19H,12-15H2,1H3. The van der Waals surface area contributed by atoms with Gasteiger partial charge in [-0.05, 0) is 48.0 Å². The lowest BCUT2D eigenvalue weighted by Crippen LogP contribution is -2.42. The molecule has 3 heterocycles. The number of sulfonamides is 1. The van der Waals surface area contributed by atoms with Crippen molar-refractivity contribution >= 4 is 10.4 Å². The van der Waals surface area contributed by atoms with E-state index in [0.717, 1.165) is 5.56 Å². The maximum absolute atomic E-state index is 13.4. The first-order valence-electron chi connectivity index (χ1n) is 10.3. The third-order valence-electron chi connectivity index (χ3n) is 5.33. The van der Waals surface area contributed by atoms with Crippen LogP contribution >= 0.6 is 0 Å². The van der Waals surface area contributed by atoms with E-state index in [2.05, 4.69) is 4.98 Å². The van der Waals surface area contributed by atoms with Crippen LogP contribution in [0.3, 0.4) is 0 Å². The van der Waals surface area contributed by atoms with E-state index in [1.807, 2.05) is 6.07 Å². The van der Waals surface area contributed by atoms with Crippen LogP contribution < -0.4 is 23.7 Å².